The maximum atomic E-state index is 13.8. The standard InChI is InChI=1S/C13H7ClF5NO2S/c14-9-6-7(4-5-10(9)15)23(21,22)20-11-3-1-2-8(12(11)16)13(17,18)19/h1-6,20H. The Balaban J connectivity index is 2.44. The molecule has 0 aliphatic carbocycles. The van der Waals surface area contributed by atoms with E-state index in [2.05, 4.69) is 0 Å². The quantitative estimate of drug-likeness (QED) is 0.811. The molecule has 3 nitrogen and oxygen atoms in total. The molecule has 10 heteroatoms. The Morgan fingerprint density at radius 3 is 2.26 bits per heavy atom. The molecule has 0 aromatic heterocycles. The Morgan fingerprint density at radius 2 is 1.70 bits per heavy atom. The van der Waals surface area contributed by atoms with Crippen LogP contribution >= 0.6 is 11.6 Å². The van der Waals surface area contributed by atoms with Gasteiger partial charge in [0.2, 0.25) is 0 Å². The maximum absolute atomic E-state index is 13.8. The van der Waals surface area contributed by atoms with E-state index in [1.54, 1.807) is 4.72 Å². The number of hydrogen-bond donors (Lipinski definition) is 1. The average Bonchev–Trinajstić information content (AvgIpc) is 2.42. The number of rotatable bonds is 3. The first-order valence-electron chi connectivity index (χ1n) is 5.86. The van der Waals surface area contributed by atoms with Gasteiger partial charge in [-0.2, -0.15) is 13.2 Å². The van der Waals surface area contributed by atoms with Crippen molar-refractivity contribution in [2.45, 2.75) is 11.1 Å². The molecule has 0 heterocycles. The van der Waals surface area contributed by atoms with E-state index >= 15 is 0 Å². The molecule has 0 aliphatic rings. The number of hydrogen-bond acceptors (Lipinski definition) is 2. The van der Waals surface area contributed by atoms with Crippen molar-refractivity contribution in [3.63, 3.8) is 0 Å². The van der Waals surface area contributed by atoms with Crippen LogP contribution in [0.4, 0.5) is 27.6 Å². The highest BCUT2D eigenvalue weighted by Gasteiger charge is 2.35. The normalized spacial score (nSPS) is 12.3. The second-order valence-electron chi connectivity index (χ2n) is 4.35. The summed E-state index contributed by atoms with van der Waals surface area (Å²) in [5.41, 5.74) is -2.50. The Labute approximate surface area is 132 Å². The van der Waals surface area contributed by atoms with Crippen LogP contribution in [0, 0.1) is 11.6 Å². The zero-order valence-corrected chi connectivity index (χ0v) is 12.5. The molecule has 0 radical (unpaired) electrons. The van der Waals surface area contributed by atoms with Gasteiger partial charge in [0.15, 0.2) is 5.82 Å². The Kier molecular flexibility index (Phi) is 4.54. The molecule has 0 fully saturated rings. The summed E-state index contributed by atoms with van der Waals surface area (Å²) in [6, 6.07) is 4.51. The predicted molar refractivity (Wildman–Crippen MR) is 73.6 cm³/mol. The molecule has 0 aliphatic heterocycles. The van der Waals surface area contributed by atoms with Gasteiger partial charge in [0, 0.05) is 0 Å². The van der Waals surface area contributed by atoms with Gasteiger partial charge in [-0.1, -0.05) is 17.7 Å². The summed E-state index contributed by atoms with van der Waals surface area (Å²) in [6.07, 6.45) is -4.98. The van der Waals surface area contributed by atoms with Gasteiger partial charge in [0.05, 0.1) is 21.2 Å². The van der Waals surface area contributed by atoms with E-state index in [-0.39, 0.29) is 0 Å². The summed E-state index contributed by atoms with van der Waals surface area (Å²) in [7, 11) is -4.45. The van der Waals surface area contributed by atoms with Crippen molar-refractivity contribution in [2.75, 3.05) is 4.72 Å². The van der Waals surface area contributed by atoms with E-state index in [0.717, 1.165) is 30.3 Å². The Bertz CT molecular complexity index is 852. The third-order valence-electron chi connectivity index (χ3n) is 2.75. The number of sulfonamides is 1. The largest absolute Gasteiger partial charge is 0.419 e. The lowest BCUT2D eigenvalue weighted by Crippen LogP contribution is -2.16. The molecular weight excluding hydrogens is 365 g/mol. The molecule has 23 heavy (non-hydrogen) atoms. The second kappa shape index (κ2) is 5.97. The zero-order chi connectivity index (χ0) is 17.4. The first kappa shape index (κ1) is 17.5. The van der Waals surface area contributed by atoms with Crippen LogP contribution in [0.1, 0.15) is 5.56 Å². The van der Waals surface area contributed by atoms with E-state index < -0.39 is 49.0 Å². The lowest BCUT2D eigenvalue weighted by Gasteiger charge is -2.13. The van der Waals surface area contributed by atoms with Crippen molar-refractivity contribution in [3.8, 4) is 0 Å². The van der Waals surface area contributed by atoms with Gasteiger partial charge in [0.1, 0.15) is 5.82 Å². The third kappa shape index (κ3) is 3.73. The van der Waals surface area contributed by atoms with E-state index in [0.29, 0.717) is 6.07 Å². The molecule has 1 N–H and O–H groups in total. The molecule has 0 saturated carbocycles. The van der Waals surface area contributed by atoms with Crippen LogP contribution in [0.15, 0.2) is 41.3 Å². The fraction of sp³-hybridized carbons (Fsp3) is 0.0769. The lowest BCUT2D eigenvalue weighted by atomic mass is 10.2. The Morgan fingerprint density at radius 1 is 1.04 bits per heavy atom. The first-order chi connectivity index (χ1) is 10.5. The summed E-state index contributed by atoms with van der Waals surface area (Å²) in [6.45, 7) is 0. The summed E-state index contributed by atoms with van der Waals surface area (Å²) < 4.78 is 90.4. The lowest BCUT2D eigenvalue weighted by molar-refractivity contribution is -0.139. The van der Waals surface area contributed by atoms with Crippen LogP contribution in [0.25, 0.3) is 0 Å². The van der Waals surface area contributed by atoms with Crippen LogP contribution in [0.3, 0.4) is 0 Å². The minimum Gasteiger partial charge on any atom is -0.277 e. The topological polar surface area (TPSA) is 46.2 Å². The highest BCUT2D eigenvalue weighted by atomic mass is 35.5. The minimum atomic E-state index is -4.98. The number of halogens is 6. The summed E-state index contributed by atoms with van der Waals surface area (Å²) in [5.74, 6) is -2.65. The highest BCUT2D eigenvalue weighted by Crippen LogP contribution is 2.34. The van der Waals surface area contributed by atoms with Crippen LogP contribution in [-0.4, -0.2) is 8.42 Å². The molecular formula is C13H7ClF5NO2S. The molecule has 0 unspecified atom stereocenters. The molecule has 0 amide bonds. The Hall–Kier alpha value is -1.87. The highest BCUT2D eigenvalue weighted by molar-refractivity contribution is 7.92. The predicted octanol–water partition coefficient (Wildman–Crippen LogP) is 4.44. The van der Waals surface area contributed by atoms with Gasteiger partial charge in [-0.3, -0.25) is 4.72 Å². The monoisotopic (exact) mass is 371 g/mol. The van der Waals surface area contributed by atoms with Crippen molar-refractivity contribution >= 4 is 27.3 Å². The number of nitrogens with one attached hydrogen (secondary N) is 1. The molecule has 0 saturated heterocycles. The molecule has 0 bridgehead atoms. The SMILES string of the molecule is O=S(=O)(Nc1cccc(C(F)(F)F)c1F)c1ccc(F)c(Cl)c1. The molecule has 124 valence electrons. The van der Waals surface area contributed by atoms with Crippen molar-refractivity contribution in [1.29, 1.82) is 0 Å². The minimum absolute atomic E-state index is 0.474. The van der Waals surface area contributed by atoms with Crippen LogP contribution in [0.5, 0.6) is 0 Å². The number of alkyl halides is 3. The smallest absolute Gasteiger partial charge is 0.277 e. The van der Waals surface area contributed by atoms with E-state index in [1.807, 2.05) is 0 Å². The summed E-state index contributed by atoms with van der Waals surface area (Å²) in [5, 5.41) is -0.502. The van der Waals surface area contributed by atoms with Gasteiger partial charge >= 0.3 is 6.18 Å². The van der Waals surface area contributed by atoms with Crippen LogP contribution in [-0.2, 0) is 16.2 Å². The molecule has 2 rings (SSSR count). The number of anilines is 1. The average molecular weight is 372 g/mol. The van der Waals surface area contributed by atoms with Gasteiger partial charge in [0.25, 0.3) is 10.0 Å². The van der Waals surface area contributed by atoms with Crippen molar-refractivity contribution in [1.82, 2.24) is 0 Å². The van der Waals surface area contributed by atoms with Crippen LogP contribution < -0.4 is 4.72 Å². The summed E-state index contributed by atoms with van der Waals surface area (Å²) in [4.78, 5) is -0.527. The molecule has 2 aromatic rings. The van der Waals surface area contributed by atoms with Gasteiger partial charge in [-0.15, -0.1) is 0 Å². The fourth-order valence-electron chi connectivity index (χ4n) is 1.68. The molecule has 2 aromatic carbocycles. The van der Waals surface area contributed by atoms with E-state index in [4.69, 9.17) is 11.6 Å². The van der Waals surface area contributed by atoms with Gasteiger partial charge in [-0.05, 0) is 30.3 Å². The zero-order valence-electron chi connectivity index (χ0n) is 11.0. The van der Waals surface area contributed by atoms with E-state index in [1.165, 1.54) is 0 Å². The molecule has 0 atom stereocenters. The fourth-order valence-corrected chi connectivity index (χ4v) is 3.01. The van der Waals surface area contributed by atoms with Gasteiger partial charge in [-0.25, -0.2) is 17.2 Å². The van der Waals surface area contributed by atoms with Gasteiger partial charge < -0.3 is 0 Å². The summed E-state index contributed by atoms with van der Waals surface area (Å²) >= 11 is 5.45. The first-order valence-corrected chi connectivity index (χ1v) is 7.72. The van der Waals surface area contributed by atoms with E-state index in [9.17, 15) is 30.4 Å². The third-order valence-corrected chi connectivity index (χ3v) is 4.40. The second-order valence-corrected chi connectivity index (χ2v) is 6.44. The van der Waals surface area contributed by atoms with Crippen LogP contribution in [0.2, 0.25) is 5.02 Å². The van der Waals surface area contributed by atoms with Crippen molar-refractivity contribution < 1.29 is 30.4 Å². The molecule has 0 spiro atoms. The number of benzene rings is 2. The van der Waals surface area contributed by atoms with Crippen molar-refractivity contribution in [2.24, 2.45) is 0 Å². The van der Waals surface area contributed by atoms with Crippen molar-refractivity contribution in [3.05, 3.63) is 58.6 Å². The maximum Gasteiger partial charge on any atom is 0.419 e.